The Morgan fingerprint density at radius 1 is 1.36 bits per heavy atom. The molecule has 1 aliphatic rings. The van der Waals surface area contributed by atoms with Gasteiger partial charge in [0.25, 0.3) is 5.91 Å². The Morgan fingerprint density at radius 2 is 2.18 bits per heavy atom. The monoisotopic (exact) mass is 319 g/mol. The van der Waals surface area contributed by atoms with Crippen molar-refractivity contribution in [2.75, 3.05) is 19.6 Å². The fourth-order valence-electron chi connectivity index (χ4n) is 2.67. The van der Waals surface area contributed by atoms with Crippen molar-refractivity contribution in [1.82, 2.24) is 15.2 Å². The summed E-state index contributed by atoms with van der Waals surface area (Å²) in [4.78, 5) is 18.1. The minimum Gasteiger partial charge on any atom is -0.329 e. The predicted octanol–water partition coefficient (Wildman–Crippen LogP) is 2.66. The van der Waals surface area contributed by atoms with Crippen LogP contribution < -0.4 is 5.32 Å². The number of nitrogens with one attached hydrogen (secondary N) is 1. The molecule has 1 N–H and O–H groups in total. The minimum absolute atomic E-state index is 0.0361. The summed E-state index contributed by atoms with van der Waals surface area (Å²) < 4.78 is 13.9. The zero-order valence-corrected chi connectivity index (χ0v) is 12.6. The summed E-state index contributed by atoms with van der Waals surface area (Å²) in [5, 5.41) is 3.85. The molecule has 22 heavy (non-hydrogen) atoms. The highest BCUT2D eigenvalue weighted by atomic mass is 35.5. The maximum atomic E-state index is 13.9. The van der Waals surface area contributed by atoms with Gasteiger partial charge in [-0.3, -0.25) is 9.78 Å². The molecule has 1 unspecified atom stereocenters. The Morgan fingerprint density at radius 3 is 2.95 bits per heavy atom. The number of pyridine rings is 1. The molecule has 1 saturated heterocycles. The number of benzene rings is 1. The fourth-order valence-corrected chi connectivity index (χ4v) is 2.94. The molecule has 1 aromatic heterocycles. The van der Waals surface area contributed by atoms with Crippen LogP contribution in [0.4, 0.5) is 4.39 Å². The van der Waals surface area contributed by atoms with Crippen molar-refractivity contribution in [1.29, 1.82) is 0 Å². The lowest BCUT2D eigenvalue weighted by molar-refractivity contribution is 0.0629. The van der Waals surface area contributed by atoms with Crippen LogP contribution in [-0.2, 0) is 0 Å². The molecular weight excluding hydrogens is 305 g/mol. The van der Waals surface area contributed by atoms with E-state index >= 15 is 0 Å². The van der Waals surface area contributed by atoms with Gasteiger partial charge in [-0.15, -0.1) is 0 Å². The van der Waals surface area contributed by atoms with Crippen LogP contribution >= 0.6 is 11.6 Å². The molecule has 1 atom stereocenters. The van der Waals surface area contributed by atoms with E-state index in [1.807, 2.05) is 18.2 Å². The van der Waals surface area contributed by atoms with E-state index < -0.39 is 5.82 Å². The number of halogens is 2. The molecule has 3 rings (SSSR count). The van der Waals surface area contributed by atoms with Crippen molar-refractivity contribution in [3.63, 3.8) is 0 Å². The van der Waals surface area contributed by atoms with Crippen LogP contribution in [0.1, 0.15) is 22.0 Å². The van der Waals surface area contributed by atoms with E-state index in [9.17, 15) is 9.18 Å². The molecule has 6 heteroatoms. The van der Waals surface area contributed by atoms with E-state index in [0.29, 0.717) is 24.7 Å². The lowest BCUT2D eigenvalue weighted by atomic mass is 10.0. The molecule has 1 amide bonds. The third-order valence-electron chi connectivity index (χ3n) is 3.77. The molecule has 0 bridgehead atoms. The largest absolute Gasteiger partial charge is 0.329 e. The second kappa shape index (κ2) is 6.42. The van der Waals surface area contributed by atoms with Gasteiger partial charge in [0.15, 0.2) is 5.82 Å². The van der Waals surface area contributed by atoms with Crippen LogP contribution in [0.2, 0.25) is 5.02 Å². The van der Waals surface area contributed by atoms with Gasteiger partial charge in [0.05, 0.1) is 17.8 Å². The summed E-state index contributed by atoms with van der Waals surface area (Å²) in [5.41, 5.74) is 0.896. The Labute approximate surface area is 132 Å². The van der Waals surface area contributed by atoms with Gasteiger partial charge >= 0.3 is 0 Å². The van der Waals surface area contributed by atoms with Crippen molar-refractivity contribution in [3.8, 4) is 0 Å². The van der Waals surface area contributed by atoms with Gasteiger partial charge in [-0.05, 0) is 17.7 Å². The minimum atomic E-state index is -0.607. The van der Waals surface area contributed by atoms with E-state index in [1.54, 1.807) is 11.0 Å². The second-order valence-corrected chi connectivity index (χ2v) is 5.50. The standard InChI is InChI=1S/C16H15ClFN3O/c17-13-4-2-1-3-11(13)15-10-20-7-8-21(15)16(22)12-5-6-19-9-14(12)18/h1-6,9,15,20H,7-8,10H2. The summed E-state index contributed by atoms with van der Waals surface area (Å²) in [7, 11) is 0. The van der Waals surface area contributed by atoms with Crippen LogP contribution in [0.5, 0.6) is 0 Å². The van der Waals surface area contributed by atoms with Gasteiger partial charge in [-0.1, -0.05) is 29.8 Å². The number of amides is 1. The van der Waals surface area contributed by atoms with Crippen LogP contribution in [0.15, 0.2) is 42.7 Å². The maximum Gasteiger partial charge on any atom is 0.257 e. The Bertz CT molecular complexity index is 695. The first-order valence-electron chi connectivity index (χ1n) is 7.04. The van der Waals surface area contributed by atoms with Gasteiger partial charge in [-0.2, -0.15) is 0 Å². The molecule has 0 aliphatic carbocycles. The number of piperazine rings is 1. The van der Waals surface area contributed by atoms with Crippen molar-refractivity contribution in [2.45, 2.75) is 6.04 Å². The Hall–Kier alpha value is -1.98. The molecule has 1 fully saturated rings. The average molecular weight is 320 g/mol. The van der Waals surface area contributed by atoms with Crippen molar-refractivity contribution < 1.29 is 9.18 Å². The lowest BCUT2D eigenvalue weighted by Crippen LogP contribution is -2.49. The van der Waals surface area contributed by atoms with Crippen LogP contribution in [0.25, 0.3) is 0 Å². The van der Waals surface area contributed by atoms with Crippen LogP contribution in [-0.4, -0.2) is 35.4 Å². The zero-order valence-electron chi connectivity index (χ0n) is 11.8. The van der Waals surface area contributed by atoms with Gasteiger partial charge in [-0.25, -0.2) is 4.39 Å². The van der Waals surface area contributed by atoms with Gasteiger partial charge in [0, 0.05) is 30.9 Å². The lowest BCUT2D eigenvalue weighted by Gasteiger charge is -2.37. The first-order chi connectivity index (χ1) is 10.7. The summed E-state index contributed by atoms with van der Waals surface area (Å²) in [6.45, 7) is 1.75. The van der Waals surface area contributed by atoms with E-state index in [1.165, 1.54) is 12.3 Å². The number of hydrogen-bond acceptors (Lipinski definition) is 3. The molecule has 114 valence electrons. The second-order valence-electron chi connectivity index (χ2n) is 5.10. The summed E-state index contributed by atoms with van der Waals surface area (Å²) >= 11 is 6.26. The number of rotatable bonds is 2. The molecule has 1 aliphatic heterocycles. The Balaban J connectivity index is 1.95. The Kier molecular flexibility index (Phi) is 4.36. The summed E-state index contributed by atoms with van der Waals surface area (Å²) in [6, 6.07) is 8.60. The molecule has 2 aromatic rings. The number of carbonyl (C=O) groups is 1. The zero-order chi connectivity index (χ0) is 15.5. The first kappa shape index (κ1) is 14.9. The van der Waals surface area contributed by atoms with Crippen LogP contribution in [0.3, 0.4) is 0 Å². The molecule has 1 aromatic carbocycles. The number of aromatic nitrogens is 1. The third-order valence-corrected chi connectivity index (χ3v) is 4.12. The highest BCUT2D eigenvalue weighted by Crippen LogP contribution is 2.29. The number of carbonyl (C=O) groups excluding carboxylic acids is 1. The highest BCUT2D eigenvalue weighted by Gasteiger charge is 2.30. The summed E-state index contributed by atoms with van der Waals surface area (Å²) in [5.74, 6) is -0.949. The highest BCUT2D eigenvalue weighted by molar-refractivity contribution is 6.31. The molecule has 0 saturated carbocycles. The normalized spacial score (nSPS) is 18.3. The van der Waals surface area contributed by atoms with Crippen molar-refractivity contribution in [2.24, 2.45) is 0 Å². The number of nitrogens with zero attached hydrogens (tertiary/aromatic N) is 2. The van der Waals surface area contributed by atoms with Crippen LogP contribution in [0, 0.1) is 5.82 Å². The quantitative estimate of drug-likeness (QED) is 0.925. The average Bonchev–Trinajstić information content (AvgIpc) is 2.55. The van der Waals surface area contributed by atoms with E-state index in [0.717, 1.165) is 11.8 Å². The third kappa shape index (κ3) is 2.82. The number of hydrogen-bond donors (Lipinski definition) is 1. The van der Waals surface area contributed by atoms with E-state index in [2.05, 4.69) is 10.3 Å². The predicted molar refractivity (Wildman–Crippen MR) is 82.3 cm³/mol. The molecule has 0 radical (unpaired) electrons. The maximum absolute atomic E-state index is 13.9. The molecule has 0 spiro atoms. The van der Waals surface area contributed by atoms with Crippen molar-refractivity contribution >= 4 is 17.5 Å². The van der Waals surface area contributed by atoms with Crippen molar-refractivity contribution in [3.05, 3.63) is 64.7 Å². The molecule has 2 heterocycles. The smallest absolute Gasteiger partial charge is 0.257 e. The topological polar surface area (TPSA) is 45.2 Å². The molecule has 4 nitrogen and oxygen atoms in total. The SMILES string of the molecule is O=C(c1ccncc1F)N1CCNCC1c1ccccc1Cl. The van der Waals surface area contributed by atoms with Gasteiger partial charge < -0.3 is 10.2 Å². The summed E-state index contributed by atoms with van der Waals surface area (Å²) in [6.07, 6.45) is 2.48. The first-order valence-corrected chi connectivity index (χ1v) is 7.42. The molecular formula is C16H15ClFN3O. The van der Waals surface area contributed by atoms with E-state index in [4.69, 9.17) is 11.6 Å². The fraction of sp³-hybridized carbons (Fsp3) is 0.250. The van der Waals surface area contributed by atoms with Gasteiger partial charge in [0.2, 0.25) is 0 Å². The van der Waals surface area contributed by atoms with Gasteiger partial charge in [0.1, 0.15) is 0 Å². The van der Waals surface area contributed by atoms with E-state index in [-0.39, 0.29) is 17.5 Å².